The van der Waals surface area contributed by atoms with Crippen LogP contribution in [0.4, 0.5) is 0 Å². The Labute approximate surface area is 140 Å². The first-order valence-corrected chi connectivity index (χ1v) is 7.54. The van der Waals surface area contributed by atoms with Gasteiger partial charge in [-0.1, -0.05) is 54.1 Å². The summed E-state index contributed by atoms with van der Waals surface area (Å²) in [4.78, 5) is 0. The summed E-state index contributed by atoms with van der Waals surface area (Å²) in [6.07, 6.45) is 1.85. The van der Waals surface area contributed by atoms with E-state index < -0.39 is 0 Å². The molecular formula is C20H14ClNO. The number of ether oxygens (including phenoxy) is 1. The van der Waals surface area contributed by atoms with Gasteiger partial charge in [-0.2, -0.15) is 5.26 Å². The summed E-state index contributed by atoms with van der Waals surface area (Å²) < 4.78 is 5.48. The highest BCUT2D eigenvalue weighted by Gasteiger charge is 2.09. The molecule has 0 aliphatic rings. The van der Waals surface area contributed by atoms with E-state index in [1.165, 1.54) is 0 Å². The Morgan fingerprint density at radius 2 is 1.91 bits per heavy atom. The van der Waals surface area contributed by atoms with Crippen LogP contribution in [-0.2, 0) is 0 Å². The number of nitriles is 1. The van der Waals surface area contributed by atoms with Gasteiger partial charge in [-0.05, 0) is 40.6 Å². The fourth-order valence-corrected chi connectivity index (χ4v) is 2.77. The van der Waals surface area contributed by atoms with Crippen molar-refractivity contribution in [3.05, 3.63) is 76.8 Å². The van der Waals surface area contributed by atoms with Crippen LogP contribution >= 0.6 is 11.6 Å². The van der Waals surface area contributed by atoms with Gasteiger partial charge in [0.2, 0.25) is 0 Å². The number of benzene rings is 3. The molecule has 0 bridgehead atoms. The lowest BCUT2D eigenvalue weighted by molar-refractivity contribution is 0.414. The molecule has 0 aliphatic carbocycles. The van der Waals surface area contributed by atoms with E-state index in [1.54, 1.807) is 19.2 Å². The van der Waals surface area contributed by atoms with E-state index in [0.29, 0.717) is 10.6 Å². The topological polar surface area (TPSA) is 33.0 Å². The molecule has 0 radical (unpaired) electrons. The molecule has 23 heavy (non-hydrogen) atoms. The largest absolute Gasteiger partial charge is 0.496 e. The summed E-state index contributed by atoms with van der Waals surface area (Å²) in [6.45, 7) is 0. The second kappa shape index (κ2) is 6.56. The van der Waals surface area contributed by atoms with Crippen molar-refractivity contribution in [1.29, 1.82) is 5.26 Å². The number of halogens is 1. The summed E-state index contributed by atoms with van der Waals surface area (Å²) in [5.41, 5.74) is 2.22. The molecule has 3 rings (SSSR count). The third-order valence-corrected chi connectivity index (χ3v) is 3.93. The summed E-state index contributed by atoms with van der Waals surface area (Å²) in [5.74, 6) is 0.735. The van der Waals surface area contributed by atoms with Crippen LogP contribution in [0.5, 0.6) is 5.75 Å². The zero-order valence-electron chi connectivity index (χ0n) is 12.6. The van der Waals surface area contributed by atoms with Crippen LogP contribution in [0.1, 0.15) is 11.1 Å². The summed E-state index contributed by atoms with van der Waals surface area (Å²) in [6, 6.07) is 21.5. The molecule has 3 aromatic rings. The minimum atomic E-state index is 0.544. The number of nitrogens with zero attached hydrogens (tertiary/aromatic N) is 1. The fourth-order valence-electron chi connectivity index (χ4n) is 2.58. The van der Waals surface area contributed by atoms with Crippen molar-refractivity contribution in [2.45, 2.75) is 0 Å². The van der Waals surface area contributed by atoms with Crippen LogP contribution in [0.25, 0.3) is 22.4 Å². The van der Waals surface area contributed by atoms with Gasteiger partial charge in [0.15, 0.2) is 0 Å². The van der Waals surface area contributed by atoms with Crippen molar-refractivity contribution in [3.63, 3.8) is 0 Å². The van der Waals surface area contributed by atoms with E-state index in [-0.39, 0.29) is 0 Å². The molecule has 112 valence electrons. The Morgan fingerprint density at radius 1 is 1.09 bits per heavy atom. The number of allylic oxidation sites excluding steroid dienone is 1. The highest BCUT2D eigenvalue weighted by atomic mass is 35.5. The smallest absolute Gasteiger partial charge is 0.126 e. The van der Waals surface area contributed by atoms with Crippen molar-refractivity contribution in [2.24, 2.45) is 0 Å². The van der Waals surface area contributed by atoms with Crippen LogP contribution in [0.2, 0.25) is 5.02 Å². The molecule has 0 aliphatic heterocycles. The minimum absolute atomic E-state index is 0.544. The average Bonchev–Trinajstić information content (AvgIpc) is 2.59. The molecule has 0 aromatic heterocycles. The van der Waals surface area contributed by atoms with Gasteiger partial charge >= 0.3 is 0 Å². The monoisotopic (exact) mass is 319 g/mol. The van der Waals surface area contributed by atoms with E-state index in [2.05, 4.69) is 6.07 Å². The molecule has 0 saturated carbocycles. The molecule has 0 unspecified atom stereocenters. The van der Waals surface area contributed by atoms with Gasteiger partial charge in [0, 0.05) is 10.6 Å². The van der Waals surface area contributed by atoms with Gasteiger partial charge in [-0.15, -0.1) is 0 Å². The van der Waals surface area contributed by atoms with E-state index in [1.807, 2.05) is 54.6 Å². The predicted molar refractivity (Wildman–Crippen MR) is 95.4 cm³/mol. The van der Waals surface area contributed by atoms with E-state index >= 15 is 0 Å². The lowest BCUT2D eigenvalue weighted by Gasteiger charge is -2.10. The molecule has 0 atom stereocenters. The number of hydrogen-bond acceptors (Lipinski definition) is 2. The van der Waals surface area contributed by atoms with E-state index in [9.17, 15) is 5.26 Å². The van der Waals surface area contributed by atoms with Crippen LogP contribution in [0.3, 0.4) is 0 Å². The zero-order chi connectivity index (χ0) is 16.2. The van der Waals surface area contributed by atoms with Gasteiger partial charge in [0.05, 0.1) is 18.8 Å². The van der Waals surface area contributed by atoms with Crippen molar-refractivity contribution in [2.75, 3.05) is 7.11 Å². The quantitative estimate of drug-likeness (QED) is 0.467. The Hall–Kier alpha value is -2.76. The molecule has 2 nitrogen and oxygen atoms in total. The Balaban J connectivity index is 2.24. The predicted octanol–water partition coefficient (Wildman–Crippen LogP) is 5.57. The van der Waals surface area contributed by atoms with E-state index in [4.69, 9.17) is 16.3 Å². The number of methoxy groups -OCH3 is 1. The first-order valence-electron chi connectivity index (χ1n) is 7.16. The summed E-state index contributed by atoms with van der Waals surface area (Å²) >= 11 is 6.04. The van der Waals surface area contributed by atoms with Crippen LogP contribution in [-0.4, -0.2) is 7.11 Å². The minimum Gasteiger partial charge on any atom is -0.496 e. The summed E-state index contributed by atoms with van der Waals surface area (Å²) in [5, 5.41) is 12.3. The Kier molecular flexibility index (Phi) is 4.32. The molecule has 0 amide bonds. The van der Waals surface area contributed by atoms with Gasteiger partial charge in [0.1, 0.15) is 5.75 Å². The maximum absolute atomic E-state index is 9.57. The van der Waals surface area contributed by atoms with Gasteiger partial charge in [-0.25, -0.2) is 0 Å². The van der Waals surface area contributed by atoms with Gasteiger partial charge in [0.25, 0.3) is 0 Å². The van der Waals surface area contributed by atoms with Crippen LogP contribution in [0.15, 0.2) is 60.7 Å². The maximum atomic E-state index is 9.57. The number of rotatable bonds is 3. The van der Waals surface area contributed by atoms with Crippen molar-refractivity contribution >= 4 is 34.0 Å². The molecule has 0 heterocycles. The number of fused-ring (bicyclic) bond motifs is 1. The van der Waals surface area contributed by atoms with Crippen molar-refractivity contribution < 1.29 is 4.74 Å². The molecular weight excluding hydrogens is 306 g/mol. The molecule has 0 saturated heterocycles. The van der Waals surface area contributed by atoms with Gasteiger partial charge < -0.3 is 4.74 Å². The molecule has 3 heteroatoms. The molecule has 0 fully saturated rings. The molecule has 3 aromatic carbocycles. The van der Waals surface area contributed by atoms with Crippen LogP contribution < -0.4 is 4.74 Å². The number of hydrogen-bond donors (Lipinski definition) is 0. The molecule has 0 spiro atoms. The normalized spacial score (nSPS) is 11.3. The summed E-state index contributed by atoms with van der Waals surface area (Å²) in [7, 11) is 1.63. The SMILES string of the molecule is COc1ccc2ccccc2c1/C=C(\C#N)c1cccc(Cl)c1. The highest BCUT2D eigenvalue weighted by Crippen LogP contribution is 2.32. The standard InChI is InChI=1S/C20H14ClNO/c1-23-20-10-9-14-5-2-3-8-18(14)19(20)12-16(13-22)15-6-4-7-17(21)11-15/h2-12H,1H3/b16-12+. The molecule has 0 N–H and O–H groups in total. The first kappa shape index (κ1) is 15.1. The maximum Gasteiger partial charge on any atom is 0.126 e. The lowest BCUT2D eigenvalue weighted by Crippen LogP contribution is -1.90. The van der Waals surface area contributed by atoms with Gasteiger partial charge in [-0.3, -0.25) is 0 Å². The second-order valence-corrected chi connectivity index (χ2v) is 5.52. The zero-order valence-corrected chi connectivity index (χ0v) is 13.3. The third-order valence-electron chi connectivity index (χ3n) is 3.70. The Morgan fingerprint density at radius 3 is 2.65 bits per heavy atom. The first-order chi connectivity index (χ1) is 11.2. The second-order valence-electron chi connectivity index (χ2n) is 5.08. The highest BCUT2D eigenvalue weighted by molar-refractivity contribution is 6.30. The Bertz CT molecular complexity index is 938. The van der Waals surface area contributed by atoms with Crippen LogP contribution in [0, 0.1) is 11.3 Å². The van der Waals surface area contributed by atoms with E-state index in [0.717, 1.165) is 27.6 Å². The van der Waals surface area contributed by atoms with Crippen molar-refractivity contribution in [1.82, 2.24) is 0 Å². The third kappa shape index (κ3) is 3.06. The average molecular weight is 320 g/mol. The lowest BCUT2D eigenvalue weighted by atomic mass is 9.98. The van der Waals surface area contributed by atoms with Crippen molar-refractivity contribution in [3.8, 4) is 11.8 Å². The fraction of sp³-hybridized carbons (Fsp3) is 0.0500.